The van der Waals surface area contributed by atoms with Gasteiger partial charge in [-0.2, -0.15) is 4.98 Å². The van der Waals surface area contributed by atoms with Crippen molar-refractivity contribution in [2.24, 2.45) is 0 Å². The van der Waals surface area contributed by atoms with Gasteiger partial charge < -0.3 is 14.8 Å². The average molecular weight is 401 g/mol. The molecular weight excluding hydrogens is 378 g/mol. The van der Waals surface area contributed by atoms with Crippen molar-refractivity contribution in [3.63, 3.8) is 0 Å². The van der Waals surface area contributed by atoms with Gasteiger partial charge in [-0.15, -0.1) is 5.10 Å². The number of ether oxygens (including phenoxy) is 2. The van der Waals surface area contributed by atoms with E-state index in [0.717, 1.165) is 22.5 Å². The van der Waals surface area contributed by atoms with Crippen LogP contribution in [0.4, 0.5) is 0 Å². The van der Waals surface area contributed by atoms with Crippen LogP contribution in [0.5, 0.6) is 11.5 Å². The maximum absolute atomic E-state index is 12.6. The Bertz CT molecular complexity index is 1020. The van der Waals surface area contributed by atoms with Crippen molar-refractivity contribution in [3.05, 3.63) is 40.7 Å². The quantitative estimate of drug-likeness (QED) is 0.608. The fourth-order valence-electron chi connectivity index (χ4n) is 3.04. The van der Waals surface area contributed by atoms with Crippen LogP contribution in [0, 0.1) is 13.8 Å². The monoisotopic (exact) mass is 401 g/mol. The van der Waals surface area contributed by atoms with Crippen LogP contribution in [0.25, 0.3) is 5.78 Å². The molecule has 3 aromatic rings. The third-order valence-electron chi connectivity index (χ3n) is 4.51. The number of amides is 1. The second-order valence-electron chi connectivity index (χ2n) is 6.18. The zero-order valence-corrected chi connectivity index (χ0v) is 17.4. The van der Waals surface area contributed by atoms with Crippen LogP contribution in [0.15, 0.2) is 23.4 Å². The lowest BCUT2D eigenvalue weighted by atomic mass is 10.1. The SMILES string of the molecule is COc1cccc(CNC(=O)Cc2c(C)nc3nc(SC)nn3c2C)c1OC. The lowest BCUT2D eigenvalue weighted by Gasteiger charge is -2.14. The summed E-state index contributed by atoms with van der Waals surface area (Å²) in [6.07, 6.45) is 2.12. The van der Waals surface area contributed by atoms with E-state index < -0.39 is 0 Å². The molecule has 0 unspecified atom stereocenters. The van der Waals surface area contributed by atoms with Crippen LogP contribution in [-0.4, -0.2) is 46.0 Å². The predicted octanol–water partition coefficient (Wildman–Crippen LogP) is 2.34. The molecule has 0 aliphatic rings. The minimum Gasteiger partial charge on any atom is -0.493 e. The lowest BCUT2D eigenvalue weighted by Crippen LogP contribution is -2.26. The summed E-state index contributed by atoms with van der Waals surface area (Å²) in [7, 11) is 3.17. The summed E-state index contributed by atoms with van der Waals surface area (Å²) in [4.78, 5) is 21.4. The number of carbonyl (C=O) groups excluding carboxylic acids is 1. The number of nitrogens with zero attached hydrogens (tertiary/aromatic N) is 4. The third kappa shape index (κ3) is 3.89. The fourth-order valence-corrected chi connectivity index (χ4v) is 3.38. The van der Waals surface area contributed by atoms with Crippen LogP contribution < -0.4 is 14.8 Å². The minimum absolute atomic E-state index is 0.109. The van der Waals surface area contributed by atoms with Crippen LogP contribution in [-0.2, 0) is 17.8 Å². The van der Waals surface area contributed by atoms with E-state index in [0.29, 0.717) is 29.0 Å². The van der Waals surface area contributed by atoms with Crippen molar-refractivity contribution in [3.8, 4) is 11.5 Å². The Balaban J connectivity index is 1.77. The number of thioether (sulfide) groups is 1. The summed E-state index contributed by atoms with van der Waals surface area (Å²) in [5, 5.41) is 8.01. The average Bonchev–Trinajstić information content (AvgIpc) is 3.12. The molecule has 28 heavy (non-hydrogen) atoms. The second-order valence-corrected chi connectivity index (χ2v) is 6.95. The first-order chi connectivity index (χ1) is 13.5. The van der Waals surface area contributed by atoms with Gasteiger partial charge in [0.1, 0.15) is 0 Å². The molecular formula is C19H23N5O3S. The number of methoxy groups -OCH3 is 2. The highest BCUT2D eigenvalue weighted by molar-refractivity contribution is 7.98. The van der Waals surface area contributed by atoms with Gasteiger partial charge in [0.05, 0.1) is 20.6 Å². The number of nitrogens with one attached hydrogen (secondary N) is 1. The Hall–Kier alpha value is -2.81. The Kier molecular flexibility index (Phi) is 6.03. The van der Waals surface area contributed by atoms with E-state index in [-0.39, 0.29) is 12.3 Å². The van der Waals surface area contributed by atoms with Gasteiger partial charge in [-0.25, -0.2) is 9.50 Å². The van der Waals surface area contributed by atoms with Crippen molar-refractivity contribution < 1.29 is 14.3 Å². The van der Waals surface area contributed by atoms with Crippen LogP contribution in [0.2, 0.25) is 0 Å². The van der Waals surface area contributed by atoms with Gasteiger partial charge in [-0.05, 0) is 26.2 Å². The number of aromatic nitrogens is 4. The molecule has 0 saturated heterocycles. The first-order valence-corrected chi connectivity index (χ1v) is 9.94. The minimum atomic E-state index is -0.109. The Morgan fingerprint density at radius 3 is 2.68 bits per heavy atom. The molecule has 1 N–H and O–H groups in total. The molecule has 1 aromatic carbocycles. The highest BCUT2D eigenvalue weighted by Crippen LogP contribution is 2.30. The molecule has 2 heterocycles. The van der Waals surface area contributed by atoms with Gasteiger partial charge in [-0.3, -0.25) is 4.79 Å². The van der Waals surface area contributed by atoms with Crippen molar-refractivity contribution >= 4 is 23.4 Å². The Morgan fingerprint density at radius 2 is 2.00 bits per heavy atom. The summed E-state index contributed by atoms with van der Waals surface area (Å²) >= 11 is 1.46. The maximum atomic E-state index is 12.6. The summed E-state index contributed by atoms with van der Waals surface area (Å²) in [6.45, 7) is 4.15. The van der Waals surface area contributed by atoms with Gasteiger partial charge in [0, 0.05) is 29.1 Å². The standard InChI is InChI=1S/C19H23N5O3S/c1-11-14(12(2)24-18(21-11)22-19(23-24)28-5)9-16(25)20-10-13-7-6-8-15(26-3)17(13)27-4/h6-8H,9-10H2,1-5H3,(H,20,25). The number of rotatable bonds is 7. The summed E-state index contributed by atoms with van der Waals surface area (Å²) in [6, 6.07) is 5.58. The molecule has 0 spiro atoms. The molecule has 9 heteroatoms. The number of carbonyl (C=O) groups is 1. The molecule has 0 bridgehead atoms. The lowest BCUT2D eigenvalue weighted by molar-refractivity contribution is -0.120. The Morgan fingerprint density at radius 1 is 1.21 bits per heavy atom. The van der Waals surface area contributed by atoms with E-state index in [1.54, 1.807) is 18.7 Å². The predicted molar refractivity (Wildman–Crippen MR) is 107 cm³/mol. The Labute approximate surface area is 167 Å². The van der Waals surface area contributed by atoms with Crippen LogP contribution in [0.1, 0.15) is 22.5 Å². The summed E-state index contributed by atoms with van der Waals surface area (Å²) in [5.41, 5.74) is 3.34. The molecule has 0 radical (unpaired) electrons. The van der Waals surface area contributed by atoms with E-state index in [9.17, 15) is 4.79 Å². The fraction of sp³-hybridized carbons (Fsp3) is 0.368. The van der Waals surface area contributed by atoms with Gasteiger partial charge in [0.15, 0.2) is 11.5 Å². The molecule has 0 aliphatic carbocycles. The van der Waals surface area contributed by atoms with Crippen molar-refractivity contribution in [2.45, 2.75) is 32.0 Å². The smallest absolute Gasteiger partial charge is 0.253 e. The first-order valence-electron chi connectivity index (χ1n) is 8.71. The van der Waals surface area contributed by atoms with Crippen LogP contribution >= 0.6 is 11.8 Å². The zero-order chi connectivity index (χ0) is 20.3. The number of hydrogen-bond acceptors (Lipinski definition) is 7. The molecule has 0 saturated carbocycles. The van der Waals surface area contributed by atoms with Crippen LogP contribution in [0.3, 0.4) is 0 Å². The van der Waals surface area contributed by atoms with E-state index >= 15 is 0 Å². The summed E-state index contributed by atoms with van der Waals surface area (Å²) < 4.78 is 12.4. The molecule has 0 fully saturated rings. The molecule has 3 rings (SSSR count). The zero-order valence-electron chi connectivity index (χ0n) is 16.6. The van der Waals surface area contributed by atoms with E-state index in [1.165, 1.54) is 11.8 Å². The number of fused-ring (bicyclic) bond motifs is 1. The van der Waals surface area contributed by atoms with Gasteiger partial charge in [-0.1, -0.05) is 23.9 Å². The molecule has 0 atom stereocenters. The van der Waals surface area contributed by atoms with E-state index in [2.05, 4.69) is 20.4 Å². The van der Waals surface area contributed by atoms with Crippen molar-refractivity contribution in [1.29, 1.82) is 0 Å². The first kappa shape index (κ1) is 19.9. The van der Waals surface area contributed by atoms with Crippen molar-refractivity contribution in [2.75, 3.05) is 20.5 Å². The highest BCUT2D eigenvalue weighted by Gasteiger charge is 2.16. The number of para-hydroxylation sites is 1. The molecule has 1 amide bonds. The van der Waals surface area contributed by atoms with E-state index in [1.807, 2.05) is 38.3 Å². The number of hydrogen-bond donors (Lipinski definition) is 1. The molecule has 148 valence electrons. The third-order valence-corrected chi connectivity index (χ3v) is 5.05. The van der Waals surface area contributed by atoms with Gasteiger partial charge in [0.2, 0.25) is 11.1 Å². The summed E-state index contributed by atoms with van der Waals surface area (Å²) in [5.74, 6) is 1.69. The topological polar surface area (TPSA) is 90.6 Å². The molecule has 0 aliphatic heterocycles. The van der Waals surface area contributed by atoms with Gasteiger partial charge >= 0.3 is 0 Å². The van der Waals surface area contributed by atoms with E-state index in [4.69, 9.17) is 9.47 Å². The number of benzene rings is 1. The largest absolute Gasteiger partial charge is 0.493 e. The second kappa shape index (κ2) is 8.47. The highest BCUT2D eigenvalue weighted by atomic mass is 32.2. The molecule has 2 aromatic heterocycles. The van der Waals surface area contributed by atoms with Gasteiger partial charge in [0.25, 0.3) is 5.78 Å². The maximum Gasteiger partial charge on any atom is 0.253 e. The molecule has 8 nitrogen and oxygen atoms in total. The normalized spacial score (nSPS) is 10.9. The number of aryl methyl sites for hydroxylation is 2. The van der Waals surface area contributed by atoms with Crippen molar-refractivity contribution in [1.82, 2.24) is 24.9 Å².